The lowest BCUT2D eigenvalue weighted by molar-refractivity contribution is 0.0954. The smallest absolute Gasteiger partial charge is 0.256 e. The van der Waals surface area contributed by atoms with Crippen LogP contribution in [0.5, 0.6) is 0 Å². The van der Waals surface area contributed by atoms with Crippen molar-refractivity contribution < 1.29 is 9.18 Å². The summed E-state index contributed by atoms with van der Waals surface area (Å²) in [5.41, 5.74) is 10.2. The molecular formula is C22H20FN7O. The number of benzene rings is 1. The summed E-state index contributed by atoms with van der Waals surface area (Å²) in [6.45, 7) is 0.764. The van der Waals surface area contributed by atoms with E-state index < -0.39 is 5.82 Å². The van der Waals surface area contributed by atoms with Crippen molar-refractivity contribution in [1.82, 2.24) is 24.9 Å². The van der Waals surface area contributed by atoms with Gasteiger partial charge in [-0.05, 0) is 30.0 Å². The van der Waals surface area contributed by atoms with Crippen LogP contribution in [0, 0.1) is 5.82 Å². The molecule has 0 radical (unpaired) electrons. The minimum absolute atomic E-state index is 0.271. The zero-order chi connectivity index (χ0) is 21.4. The second-order valence-electron chi connectivity index (χ2n) is 7.35. The molecule has 0 fully saturated rings. The molecule has 0 saturated carbocycles. The van der Waals surface area contributed by atoms with E-state index in [-0.39, 0.29) is 5.91 Å². The van der Waals surface area contributed by atoms with Gasteiger partial charge in [0, 0.05) is 18.8 Å². The van der Waals surface area contributed by atoms with Gasteiger partial charge in [0.2, 0.25) is 0 Å². The lowest BCUT2D eigenvalue weighted by Gasteiger charge is -2.16. The Balaban J connectivity index is 1.71. The zero-order valence-corrected chi connectivity index (χ0v) is 16.6. The van der Waals surface area contributed by atoms with Crippen LogP contribution < -0.4 is 16.4 Å². The van der Waals surface area contributed by atoms with Crippen molar-refractivity contribution in [3.8, 4) is 11.1 Å². The Morgan fingerprint density at radius 2 is 1.97 bits per heavy atom. The molecule has 4 heterocycles. The molecule has 3 aromatic heterocycles. The summed E-state index contributed by atoms with van der Waals surface area (Å²) in [7, 11) is 0. The number of fused-ring (bicyclic) bond motifs is 2. The standard InChI is InChI=1S/C22H20FN7O/c23-15-9-14-10-27-20-18(13-5-2-1-3-6-13)19(24)30-21(29-20)16(12-28-30)22(31)25-8-4-7-17(14)26-11-15/h1-3,5-6,9,11-12H,4,7-8,10,24H2,(H,25,31)(H,27,29). The summed E-state index contributed by atoms with van der Waals surface area (Å²) < 4.78 is 15.4. The van der Waals surface area contributed by atoms with Crippen LogP contribution in [0.3, 0.4) is 0 Å². The molecular weight excluding hydrogens is 397 g/mol. The quantitative estimate of drug-likeness (QED) is 0.439. The van der Waals surface area contributed by atoms with E-state index in [4.69, 9.17) is 10.7 Å². The average Bonchev–Trinajstić information content (AvgIpc) is 3.21. The highest BCUT2D eigenvalue weighted by Gasteiger charge is 2.22. The first-order valence-electron chi connectivity index (χ1n) is 10.00. The lowest BCUT2D eigenvalue weighted by Crippen LogP contribution is -2.25. The number of hydrogen-bond donors (Lipinski definition) is 3. The fourth-order valence-corrected chi connectivity index (χ4v) is 3.81. The summed E-state index contributed by atoms with van der Waals surface area (Å²) in [6.07, 6.45) is 3.97. The topological polar surface area (TPSA) is 110 Å². The van der Waals surface area contributed by atoms with Crippen LogP contribution >= 0.6 is 0 Å². The maximum absolute atomic E-state index is 13.9. The maximum atomic E-state index is 13.9. The van der Waals surface area contributed by atoms with Crippen LogP contribution in [0.4, 0.5) is 16.0 Å². The van der Waals surface area contributed by atoms with Gasteiger partial charge in [-0.3, -0.25) is 9.78 Å². The van der Waals surface area contributed by atoms with Crippen molar-refractivity contribution >= 4 is 23.2 Å². The number of nitrogens with zero attached hydrogens (tertiary/aromatic N) is 4. The molecule has 1 aromatic carbocycles. The molecule has 8 nitrogen and oxygen atoms in total. The number of aryl methyl sites for hydroxylation is 1. The van der Waals surface area contributed by atoms with Gasteiger partial charge in [-0.15, -0.1) is 0 Å². The molecule has 0 aliphatic carbocycles. The SMILES string of the molecule is Nc1c(-c2ccccc2)c2nc3c(cnn13)C(=O)NCCCc1ncc(F)cc1CN2. The number of aromatic nitrogens is 4. The van der Waals surface area contributed by atoms with Crippen molar-refractivity contribution in [3.05, 3.63) is 71.4 Å². The number of anilines is 2. The predicted molar refractivity (Wildman–Crippen MR) is 115 cm³/mol. The van der Waals surface area contributed by atoms with Crippen LogP contribution in [0.25, 0.3) is 16.8 Å². The minimum Gasteiger partial charge on any atom is -0.383 e. The third kappa shape index (κ3) is 3.43. The Morgan fingerprint density at radius 3 is 2.81 bits per heavy atom. The number of amides is 1. The Kier molecular flexibility index (Phi) is 4.70. The van der Waals surface area contributed by atoms with E-state index in [2.05, 4.69) is 20.7 Å². The predicted octanol–water partition coefficient (Wildman–Crippen LogP) is 2.80. The highest BCUT2D eigenvalue weighted by molar-refractivity contribution is 6.01. The number of hydrogen-bond acceptors (Lipinski definition) is 6. The molecule has 1 aliphatic rings. The number of nitrogens with two attached hydrogens (primary N) is 1. The second-order valence-corrected chi connectivity index (χ2v) is 7.35. The molecule has 0 saturated heterocycles. The number of halogens is 1. The molecule has 1 amide bonds. The molecule has 2 bridgehead atoms. The second kappa shape index (κ2) is 7.67. The van der Waals surface area contributed by atoms with Gasteiger partial charge in [-0.25, -0.2) is 9.37 Å². The van der Waals surface area contributed by atoms with Crippen LogP contribution in [-0.4, -0.2) is 32.0 Å². The van der Waals surface area contributed by atoms with Gasteiger partial charge in [0.05, 0.1) is 18.0 Å². The minimum atomic E-state index is -0.401. The van der Waals surface area contributed by atoms with Crippen molar-refractivity contribution in [2.24, 2.45) is 0 Å². The molecule has 0 spiro atoms. The van der Waals surface area contributed by atoms with Gasteiger partial charge < -0.3 is 16.4 Å². The summed E-state index contributed by atoms with van der Waals surface area (Å²) >= 11 is 0. The largest absolute Gasteiger partial charge is 0.383 e. The molecule has 4 aromatic rings. The number of carbonyl (C=O) groups excluding carboxylic acids is 1. The normalized spacial score (nSPS) is 14.2. The van der Waals surface area contributed by atoms with E-state index >= 15 is 0 Å². The van der Waals surface area contributed by atoms with Crippen LogP contribution in [0.1, 0.15) is 28.0 Å². The molecule has 9 heteroatoms. The lowest BCUT2D eigenvalue weighted by atomic mass is 10.1. The van der Waals surface area contributed by atoms with Crippen LogP contribution in [0.2, 0.25) is 0 Å². The highest BCUT2D eigenvalue weighted by Crippen LogP contribution is 2.34. The third-order valence-electron chi connectivity index (χ3n) is 5.34. The van der Waals surface area contributed by atoms with Crippen molar-refractivity contribution in [1.29, 1.82) is 0 Å². The fourth-order valence-electron chi connectivity index (χ4n) is 3.81. The van der Waals surface area contributed by atoms with Crippen LogP contribution in [-0.2, 0) is 13.0 Å². The maximum Gasteiger partial charge on any atom is 0.256 e. The number of nitrogen functional groups attached to an aromatic ring is 1. The molecule has 156 valence electrons. The first-order valence-corrected chi connectivity index (χ1v) is 10.00. The highest BCUT2D eigenvalue weighted by atomic mass is 19.1. The number of nitrogens with one attached hydrogen (secondary N) is 2. The first kappa shape index (κ1) is 19.0. The van der Waals surface area contributed by atoms with E-state index in [1.54, 1.807) is 0 Å². The number of rotatable bonds is 1. The van der Waals surface area contributed by atoms with E-state index in [0.29, 0.717) is 54.3 Å². The zero-order valence-electron chi connectivity index (χ0n) is 16.6. The Labute approximate surface area is 177 Å². The van der Waals surface area contributed by atoms with Crippen LogP contribution in [0.15, 0.2) is 48.8 Å². The van der Waals surface area contributed by atoms with Gasteiger partial charge in [0.1, 0.15) is 23.0 Å². The summed E-state index contributed by atoms with van der Waals surface area (Å²) in [5, 5.41) is 10.5. The van der Waals surface area contributed by atoms with Crippen molar-refractivity contribution in [2.45, 2.75) is 19.4 Å². The van der Waals surface area contributed by atoms with Crippen molar-refractivity contribution in [3.63, 3.8) is 0 Å². The molecule has 31 heavy (non-hydrogen) atoms. The summed E-state index contributed by atoms with van der Waals surface area (Å²) in [5.74, 6) is 0.166. The van der Waals surface area contributed by atoms with Gasteiger partial charge in [0.25, 0.3) is 5.91 Å². The monoisotopic (exact) mass is 417 g/mol. The summed E-state index contributed by atoms with van der Waals surface area (Å²) in [6, 6.07) is 11.0. The molecule has 0 atom stereocenters. The average molecular weight is 417 g/mol. The molecule has 4 N–H and O–H groups in total. The molecule has 1 aliphatic heterocycles. The van der Waals surface area contributed by atoms with Gasteiger partial charge >= 0.3 is 0 Å². The van der Waals surface area contributed by atoms with Crippen molar-refractivity contribution in [2.75, 3.05) is 17.6 Å². The summed E-state index contributed by atoms with van der Waals surface area (Å²) in [4.78, 5) is 21.7. The Morgan fingerprint density at radius 1 is 1.13 bits per heavy atom. The third-order valence-corrected chi connectivity index (χ3v) is 5.34. The first-order chi connectivity index (χ1) is 15.1. The molecule has 0 unspecified atom stereocenters. The van der Waals surface area contributed by atoms with E-state index in [1.807, 2.05) is 30.3 Å². The molecule has 5 rings (SSSR count). The van der Waals surface area contributed by atoms with Gasteiger partial charge in [0.15, 0.2) is 5.65 Å². The Bertz CT molecular complexity index is 1290. The van der Waals surface area contributed by atoms with E-state index in [9.17, 15) is 9.18 Å². The number of pyridine rings is 1. The Hall–Kier alpha value is -4.01. The van der Waals surface area contributed by atoms with E-state index in [1.165, 1.54) is 23.0 Å². The number of carbonyl (C=O) groups is 1. The van der Waals surface area contributed by atoms with Gasteiger partial charge in [-0.1, -0.05) is 30.3 Å². The van der Waals surface area contributed by atoms with E-state index in [0.717, 1.165) is 16.8 Å². The van der Waals surface area contributed by atoms with Gasteiger partial charge in [-0.2, -0.15) is 9.61 Å². The fraction of sp³-hybridized carbons (Fsp3) is 0.182.